The second-order valence-corrected chi connectivity index (χ2v) is 6.41. The molecule has 1 aromatic carbocycles. The summed E-state index contributed by atoms with van der Waals surface area (Å²) in [4.78, 5) is 14.6. The summed E-state index contributed by atoms with van der Waals surface area (Å²) in [5.74, 6) is 1.49. The number of benzene rings is 1. The first kappa shape index (κ1) is 19.8. The van der Waals surface area contributed by atoms with E-state index in [0.717, 1.165) is 0 Å². The van der Waals surface area contributed by atoms with E-state index < -0.39 is 0 Å². The van der Waals surface area contributed by atoms with Gasteiger partial charge in [-0.2, -0.15) is 0 Å². The van der Waals surface area contributed by atoms with Crippen LogP contribution in [0.1, 0.15) is 31.1 Å². The van der Waals surface area contributed by atoms with E-state index in [1.807, 2.05) is 6.92 Å². The van der Waals surface area contributed by atoms with Gasteiger partial charge in [-0.05, 0) is 40.9 Å². The number of carbonyl (C=O) groups excluding carboxylic acids is 1. The third kappa shape index (κ3) is 5.70. The van der Waals surface area contributed by atoms with Crippen molar-refractivity contribution in [3.05, 3.63) is 22.2 Å². The molecule has 1 amide bonds. The van der Waals surface area contributed by atoms with Gasteiger partial charge in [-0.15, -0.1) is 0 Å². The van der Waals surface area contributed by atoms with Crippen molar-refractivity contribution in [2.24, 2.45) is 5.92 Å². The van der Waals surface area contributed by atoms with Crippen LogP contribution in [-0.4, -0.2) is 51.3 Å². The average molecular weight is 388 g/mol. The highest BCUT2D eigenvalue weighted by Crippen LogP contribution is 2.37. The molecule has 0 N–H and O–H groups in total. The van der Waals surface area contributed by atoms with Crippen LogP contribution in [0, 0.1) is 5.92 Å². The normalized spacial score (nSPS) is 10.7. The Morgan fingerprint density at radius 1 is 1.30 bits per heavy atom. The maximum atomic E-state index is 12.8. The van der Waals surface area contributed by atoms with Crippen LogP contribution in [0.5, 0.6) is 11.5 Å². The van der Waals surface area contributed by atoms with Crippen LogP contribution in [0.3, 0.4) is 0 Å². The zero-order valence-corrected chi connectivity index (χ0v) is 16.1. The summed E-state index contributed by atoms with van der Waals surface area (Å²) >= 11 is 3.46. The lowest BCUT2D eigenvalue weighted by molar-refractivity contribution is 0.0672. The number of hydrogen-bond acceptors (Lipinski definition) is 4. The fourth-order valence-electron chi connectivity index (χ4n) is 2.23. The molecule has 5 nitrogen and oxygen atoms in total. The van der Waals surface area contributed by atoms with E-state index in [4.69, 9.17) is 14.2 Å². The summed E-state index contributed by atoms with van der Waals surface area (Å²) < 4.78 is 16.7. The molecule has 0 radical (unpaired) electrons. The van der Waals surface area contributed by atoms with Crippen molar-refractivity contribution in [1.29, 1.82) is 0 Å². The van der Waals surface area contributed by atoms with Crippen molar-refractivity contribution in [1.82, 2.24) is 4.90 Å². The first-order valence-electron chi connectivity index (χ1n) is 7.73. The van der Waals surface area contributed by atoms with Crippen LogP contribution in [0.2, 0.25) is 0 Å². The summed E-state index contributed by atoms with van der Waals surface area (Å²) in [6, 6.07) is 3.49. The molecule has 1 aromatic rings. The molecule has 0 aliphatic heterocycles. The van der Waals surface area contributed by atoms with Crippen molar-refractivity contribution in [2.75, 3.05) is 40.5 Å². The third-order valence-corrected chi connectivity index (χ3v) is 3.79. The van der Waals surface area contributed by atoms with Gasteiger partial charge >= 0.3 is 0 Å². The molecule has 0 unspecified atom stereocenters. The highest BCUT2D eigenvalue weighted by molar-refractivity contribution is 9.10. The van der Waals surface area contributed by atoms with Crippen LogP contribution >= 0.6 is 15.9 Å². The van der Waals surface area contributed by atoms with E-state index in [2.05, 4.69) is 29.8 Å². The Morgan fingerprint density at radius 2 is 2.00 bits per heavy atom. The van der Waals surface area contributed by atoms with Crippen molar-refractivity contribution in [3.63, 3.8) is 0 Å². The smallest absolute Gasteiger partial charge is 0.254 e. The summed E-state index contributed by atoms with van der Waals surface area (Å²) in [7, 11) is 3.20. The van der Waals surface area contributed by atoms with Gasteiger partial charge in [0.25, 0.3) is 5.91 Å². The van der Waals surface area contributed by atoms with Gasteiger partial charge in [-0.25, -0.2) is 0 Å². The van der Waals surface area contributed by atoms with Crippen LogP contribution in [0.25, 0.3) is 0 Å². The van der Waals surface area contributed by atoms with Gasteiger partial charge in [0.2, 0.25) is 0 Å². The third-order valence-electron chi connectivity index (χ3n) is 3.20. The molecular formula is C17H26BrNO4. The molecule has 0 saturated carbocycles. The topological polar surface area (TPSA) is 48.0 Å². The van der Waals surface area contributed by atoms with Gasteiger partial charge < -0.3 is 19.1 Å². The Labute approximate surface area is 147 Å². The van der Waals surface area contributed by atoms with Crippen molar-refractivity contribution >= 4 is 21.8 Å². The molecule has 0 spiro atoms. The minimum Gasteiger partial charge on any atom is -0.493 e. The first-order chi connectivity index (χ1) is 10.9. The van der Waals surface area contributed by atoms with E-state index in [1.54, 1.807) is 31.3 Å². The Morgan fingerprint density at radius 3 is 2.52 bits per heavy atom. The van der Waals surface area contributed by atoms with Gasteiger partial charge in [-0.3, -0.25) is 4.79 Å². The Kier molecular flexibility index (Phi) is 8.41. The molecule has 0 atom stereocenters. The van der Waals surface area contributed by atoms with Crippen molar-refractivity contribution in [2.45, 2.75) is 20.8 Å². The monoisotopic (exact) mass is 387 g/mol. The lowest BCUT2D eigenvalue weighted by Gasteiger charge is -2.25. The maximum Gasteiger partial charge on any atom is 0.254 e. The van der Waals surface area contributed by atoms with Crippen LogP contribution in [0.15, 0.2) is 16.6 Å². The van der Waals surface area contributed by atoms with E-state index >= 15 is 0 Å². The van der Waals surface area contributed by atoms with Gasteiger partial charge in [-0.1, -0.05) is 13.8 Å². The minimum atomic E-state index is -0.0437. The van der Waals surface area contributed by atoms with Gasteiger partial charge in [0, 0.05) is 25.8 Å². The highest BCUT2D eigenvalue weighted by Gasteiger charge is 2.20. The molecular weight excluding hydrogens is 362 g/mol. The quantitative estimate of drug-likeness (QED) is 0.649. The standard InChI is InChI=1S/C17H26BrNO4/c1-6-23-16-14(18)9-13(10-15(16)22-5)17(20)19(7-8-21-4)11-12(2)3/h9-10,12H,6-8,11H2,1-5H3. The predicted molar refractivity (Wildman–Crippen MR) is 94.5 cm³/mol. The molecule has 23 heavy (non-hydrogen) atoms. The molecule has 6 heteroatoms. The van der Waals surface area contributed by atoms with Gasteiger partial charge in [0.1, 0.15) is 0 Å². The molecule has 0 fully saturated rings. The summed E-state index contributed by atoms with van der Waals surface area (Å²) in [5, 5.41) is 0. The highest BCUT2D eigenvalue weighted by atomic mass is 79.9. The number of nitrogens with zero attached hydrogens (tertiary/aromatic N) is 1. The molecule has 0 aromatic heterocycles. The molecule has 0 heterocycles. The van der Waals surface area contributed by atoms with Crippen LogP contribution in [0.4, 0.5) is 0 Å². The van der Waals surface area contributed by atoms with E-state index in [-0.39, 0.29) is 5.91 Å². The van der Waals surface area contributed by atoms with E-state index in [0.29, 0.717) is 53.8 Å². The fourth-order valence-corrected chi connectivity index (χ4v) is 2.78. The average Bonchev–Trinajstić information content (AvgIpc) is 2.52. The molecule has 130 valence electrons. The number of amides is 1. The number of rotatable bonds is 9. The first-order valence-corrected chi connectivity index (χ1v) is 8.52. The lowest BCUT2D eigenvalue weighted by atomic mass is 10.1. The molecule has 0 aliphatic rings. The maximum absolute atomic E-state index is 12.8. The zero-order chi connectivity index (χ0) is 17.4. The Hall–Kier alpha value is -1.27. The number of methoxy groups -OCH3 is 2. The number of ether oxygens (including phenoxy) is 3. The second-order valence-electron chi connectivity index (χ2n) is 5.56. The summed E-state index contributed by atoms with van der Waals surface area (Å²) in [6.45, 7) is 8.34. The van der Waals surface area contributed by atoms with Crippen molar-refractivity contribution < 1.29 is 19.0 Å². The fraction of sp³-hybridized carbons (Fsp3) is 0.588. The van der Waals surface area contributed by atoms with Gasteiger partial charge in [0.15, 0.2) is 11.5 Å². The molecule has 0 aliphatic carbocycles. The van der Waals surface area contributed by atoms with Crippen LogP contribution < -0.4 is 9.47 Å². The molecule has 0 bridgehead atoms. The Bertz CT molecular complexity index is 520. The number of carbonyl (C=O) groups is 1. The zero-order valence-electron chi connectivity index (χ0n) is 14.5. The van der Waals surface area contributed by atoms with Crippen LogP contribution in [-0.2, 0) is 4.74 Å². The largest absolute Gasteiger partial charge is 0.493 e. The predicted octanol–water partition coefficient (Wildman–Crippen LogP) is 3.60. The second kappa shape index (κ2) is 9.78. The van der Waals surface area contributed by atoms with E-state index in [9.17, 15) is 4.79 Å². The lowest BCUT2D eigenvalue weighted by Crippen LogP contribution is -2.36. The summed E-state index contributed by atoms with van der Waals surface area (Å²) in [5.41, 5.74) is 0.564. The minimum absolute atomic E-state index is 0.0437. The van der Waals surface area contributed by atoms with Crippen molar-refractivity contribution in [3.8, 4) is 11.5 Å². The number of halogens is 1. The Balaban J connectivity index is 3.10. The molecule has 1 rings (SSSR count). The number of hydrogen-bond donors (Lipinski definition) is 0. The van der Waals surface area contributed by atoms with E-state index in [1.165, 1.54) is 0 Å². The SMILES string of the molecule is CCOc1c(Br)cc(C(=O)N(CCOC)CC(C)C)cc1OC. The molecule has 0 saturated heterocycles. The van der Waals surface area contributed by atoms with Gasteiger partial charge in [0.05, 0.1) is 24.8 Å². The summed E-state index contributed by atoms with van der Waals surface area (Å²) in [6.07, 6.45) is 0.